The average Bonchev–Trinajstić information content (AvgIpc) is 3.06. The number of carboxylic acids is 1. The Morgan fingerprint density at radius 1 is 1.44 bits per heavy atom. The second-order valence-electron chi connectivity index (χ2n) is 4.99. The van der Waals surface area contributed by atoms with Crippen LogP contribution in [0.4, 0.5) is 5.69 Å². The molecular weight excluding hydrogens is 230 g/mol. The molecule has 0 radical (unpaired) electrons. The van der Waals surface area contributed by atoms with Crippen LogP contribution >= 0.6 is 0 Å². The fourth-order valence-corrected chi connectivity index (χ4v) is 2.57. The van der Waals surface area contributed by atoms with E-state index < -0.39 is 5.97 Å². The monoisotopic (exact) mass is 249 g/mol. The quantitative estimate of drug-likeness (QED) is 0.889. The number of carbonyl (C=O) groups is 1. The molecule has 0 aliphatic heterocycles. The van der Waals surface area contributed by atoms with Gasteiger partial charge in [-0.05, 0) is 37.5 Å². The number of carboxylic acid groups (broad SMARTS) is 1. The van der Waals surface area contributed by atoms with E-state index in [0.29, 0.717) is 6.42 Å². The number of aliphatic carboxylic acids is 1. The largest absolute Gasteiger partial charge is 0.495 e. The molecule has 0 spiro atoms. The number of hydrogen-bond acceptors (Lipinski definition) is 3. The lowest BCUT2D eigenvalue weighted by Crippen LogP contribution is -2.24. The van der Waals surface area contributed by atoms with Crippen LogP contribution in [0.25, 0.3) is 0 Å². The topological polar surface area (TPSA) is 49.8 Å². The van der Waals surface area contributed by atoms with Gasteiger partial charge in [0.25, 0.3) is 0 Å². The molecule has 1 saturated carbocycles. The summed E-state index contributed by atoms with van der Waals surface area (Å²) in [5.74, 6) is -0.151. The van der Waals surface area contributed by atoms with Gasteiger partial charge in [0, 0.05) is 13.1 Å². The summed E-state index contributed by atoms with van der Waals surface area (Å²) in [6.45, 7) is 4.05. The highest BCUT2D eigenvalue weighted by atomic mass is 16.5. The first-order valence-corrected chi connectivity index (χ1v) is 6.06. The van der Waals surface area contributed by atoms with Crippen LogP contribution in [-0.4, -0.2) is 31.3 Å². The number of anilines is 1. The van der Waals surface area contributed by atoms with Crippen molar-refractivity contribution < 1.29 is 14.6 Å². The lowest BCUT2D eigenvalue weighted by Gasteiger charge is -2.24. The van der Waals surface area contributed by atoms with Crippen molar-refractivity contribution in [3.8, 4) is 5.75 Å². The third-order valence-electron chi connectivity index (χ3n) is 3.55. The number of nitrogens with zero attached hydrogens (tertiary/aromatic N) is 1. The SMILES string of the molecule is COc1cc(C)cc(C)c1N(C)C1CC1C(=O)O. The maximum atomic E-state index is 10.9. The summed E-state index contributed by atoms with van der Waals surface area (Å²) in [5, 5.41) is 9.00. The van der Waals surface area contributed by atoms with Crippen LogP contribution in [0.15, 0.2) is 12.1 Å². The molecule has 1 N–H and O–H groups in total. The molecule has 4 heteroatoms. The Morgan fingerprint density at radius 2 is 2.11 bits per heavy atom. The van der Waals surface area contributed by atoms with Crippen molar-refractivity contribution in [2.45, 2.75) is 26.3 Å². The first-order valence-electron chi connectivity index (χ1n) is 6.06. The molecule has 0 bridgehead atoms. The van der Waals surface area contributed by atoms with E-state index >= 15 is 0 Å². The molecule has 2 atom stereocenters. The highest BCUT2D eigenvalue weighted by Crippen LogP contribution is 2.42. The molecule has 1 aromatic carbocycles. The van der Waals surface area contributed by atoms with Crippen LogP contribution in [0.2, 0.25) is 0 Å². The Kier molecular flexibility index (Phi) is 3.20. The zero-order chi connectivity index (χ0) is 13.4. The van der Waals surface area contributed by atoms with Gasteiger partial charge in [0.05, 0.1) is 18.7 Å². The zero-order valence-corrected chi connectivity index (χ0v) is 11.2. The van der Waals surface area contributed by atoms with E-state index in [-0.39, 0.29) is 12.0 Å². The number of aryl methyl sites for hydroxylation is 2. The second kappa shape index (κ2) is 4.52. The minimum Gasteiger partial charge on any atom is -0.495 e. The van der Waals surface area contributed by atoms with Crippen molar-refractivity contribution in [3.63, 3.8) is 0 Å². The first kappa shape index (κ1) is 12.7. The van der Waals surface area contributed by atoms with Crippen molar-refractivity contribution >= 4 is 11.7 Å². The van der Waals surface area contributed by atoms with Crippen molar-refractivity contribution in [3.05, 3.63) is 23.3 Å². The van der Waals surface area contributed by atoms with Gasteiger partial charge >= 0.3 is 5.97 Å². The van der Waals surface area contributed by atoms with E-state index in [0.717, 1.165) is 22.6 Å². The Morgan fingerprint density at radius 3 is 2.61 bits per heavy atom. The third-order valence-corrected chi connectivity index (χ3v) is 3.55. The molecule has 1 fully saturated rings. The lowest BCUT2D eigenvalue weighted by atomic mass is 10.1. The standard InChI is InChI=1S/C14H19NO3/c1-8-5-9(2)13(12(6-8)18-4)15(3)11-7-10(11)14(16)17/h5-6,10-11H,7H2,1-4H3,(H,16,17). The Hall–Kier alpha value is -1.71. The molecule has 98 valence electrons. The molecular formula is C14H19NO3. The molecule has 1 aliphatic carbocycles. The maximum Gasteiger partial charge on any atom is 0.308 e. The zero-order valence-electron chi connectivity index (χ0n) is 11.2. The van der Waals surface area contributed by atoms with Crippen molar-refractivity contribution in [1.29, 1.82) is 0 Å². The molecule has 0 aromatic heterocycles. The summed E-state index contributed by atoms with van der Waals surface area (Å²) in [6.07, 6.45) is 0.711. The van der Waals surface area contributed by atoms with Crippen molar-refractivity contribution in [1.82, 2.24) is 0 Å². The molecule has 2 rings (SSSR count). The summed E-state index contributed by atoms with van der Waals surface area (Å²) < 4.78 is 5.41. The predicted molar refractivity (Wildman–Crippen MR) is 70.4 cm³/mol. The molecule has 0 heterocycles. The number of rotatable bonds is 4. The van der Waals surface area contributed by atoms with E-state index in [2.05, 4.69) is 6.07 Å². The van der Waals surface area contributed by atoms with Crippen LogP contribution in [0.5, 0.6) is 5.75 Å². The Labute approximate surface area is 107 Å². The average molecular weight is 249 g/mol. The maximum absolute atomic E-state index is 10.9. The van der Waals surface area contributed by atoms with E-state index in [1.807, 2.05) is 31.9 Å². The van der Waals surface area contributed by atoms with Crippen molar-refractivity contribution in [2.24, 2.45) is 5.92 Å². The second-order valence-corrected chi connectivity index (χ2v) is 4.99. The van der Waals surface area contributed by atoms with Gasteiger partial charge in [-0.1, -0.05) is 6.07 Å². The summed E-state index contributed by atoms with van der Waals surface area (Å²) in [5.41, 5.74) is 3.26. The highest BCUT2D eigenvalue weighted by Gasteiger charge is 2.46. The number of benzene rings is 1. The first-order chi connectivity index (χ1) is 8.45. The van der Waals surface area contributed by atoms with Gasteiger partial charge in [0.15, 0.2) is 0 Å². The van der Waals surface area contributed by atoms with Crippen LogP contribution in [0, 0.1) is 19.8 Å². The van der Waals surface area contributed by atoms with Gasteiger partial charge in [-0.15, -0.1) is 0 Å². The van der Waals surface area contributed by atoms with Gasteiger partial charge in [0.1, 0.15) is 5.75 Å². The third kappa shape index (κ3) is 2.15. The number of ether oxygens (including phenoxy) is 1. The summed E-state index contributed by atoms with van der Waals surface area (Å²) in [7, 11) is 3.58. The van der Waals surface area contributed by atoms with Crippen molar-refractivity contribution in [2.75, 3.05) is 19.1 Å². The predicted octanol–water partition coefficient (Wildman–Crippen LogP) is 2.22. The Balaban J connectivity index is 2.31. The van der Waals surface area contributed by atoms with E-state index in [1.165, 1.54) is 0 Å². The van der Waals surface area contributed by atoms with E-state index in [1.54, 1.807) is 7.11 Å². The van der Waals surface area contributed by atoms with Crippen LogP contribution in [0.1, 0.15) is 17.5 Å². The molecule has 1 aromatic rings. The van der Waals surface area contributed by atoms with Gasteiger partial charge in [0.2, 0.25) is 0 Å². The summed E-state index contributed by atoms with van der Waals surface area (Å²) in [6, 6.07) is 4.15. The number of methoxy groups -OCH3 is 1. The molecule has 0 saturated heterocycles. The minimum absolute atomic E-state index is 0.0813. The van der Waals surface area contributed by atoms with Gasteiger partial charge in [-0.2, -0.15) is 0 Å². The normalized spacial score (nSPS) is 21.6. The van der Waals surface area contributed by atoms with E-state index in [9.17, 15) is 4.79 Å². The van der Waals surface area contributed by atoms with Gasteiger partial charge in [-0.3, -0.25) is 4.79 Å². The lowest BCUT2D eigenvalue weighted by molar-refractivity contribution is -0.138. The fraction of sp³-hybridized carbons (Fsp3) is 0.500. The molecule has 2 unspecified atom stereocenters. The van der Waals surface area contributed by atoms with Crippen LogP contribution in [0.3, 0.4) is 0 Å². The van der Waals surface area contributed by atoms with E-state index in [4.69, 9.17) is 9.84 Å². The molecule has 0 amide bonds. The number of hydrogen-bond donors (Lipinski definition) is 1. The fourth-order valence-electron chi connectivity index (χ4n) is 2.57. The molecule has 1 aliphatic rings. The van der Waals surface area contributed by atoms with Crippen LogP contribution < -0.4 is 9.64 Å². The molecule has 4 nitrogen and oxygen atoms in total. The summed E-state index contributed by atoms with van der Waals surface area (Å²) >= 11 is 0. The van der Waals surface area contributed by atoms with Crippen LogP contribution in [-0.2, 0) is 4.79 Å². The van der Waals surface area contributed by atoms with Gasteiger partial charge < -0.3 is 14.7 Å². The minimum atomic E-state index is -0.712. The smallest absolute Gasteiger partial charge is 0.308 e. The van der Waals surface area contributed by atoms with Gasteiger partial charge in [-0.25, -0.2) is 0 Å². The summed E-state index contributed by atoms with van der Waals surface area (Å²) in [4.78, 5) is 13.0. The molecule has 18 heavy (non-hydrogen) atoms. The Bertz CT molecular complexity index is 484. The highest BCUT2D eigenvalue weighted by molar-refractivity contribution is 5.77.